The minimum atomic E-state index is 0.304. The lowest BCUT2D eigenvalue weighted by Gasteiger charge is -2.26. The van der Waals surface area contributed by atoms with Gasteiger partial charge in [-0.3, -0.25) is 9.88 Å². The van der Waals surface area contributed by atoms with Crippen LogP contribution in [-0.2, 0) is 17.7 Å². The molecule has 0 N–H and O–H groups in total. The van der Waals surface area contributed by atoms with Crippen molar-refractivity contribution in [1.29, 1.82) is 0 Å². The van der Waals surface area contributed by atoms with Crippen LogP contribution in [-0.4, -0.2) is 36.2 Å². The Kier molecular flexibility index (Phi) is 4.36. The molecule has 0 aliphatic carbocycles. The number of rotatable bonds is 3. The molecule has 1 aromatic rings. The number of hydrogen-bond donors (Lipinski definition) is 0. The third kappa shape index (κ3) is 4.39. The van der Waals surface area contributed by atoms with Gasteiger partial charge in [0.15, 0.2) is 0 Å². The van der Waals surface area contributed by atoms with E-state index in [4.69, 9.17) is 4.74 Å². The molecule has 1 aliphatic heterocycles. The van der Waals surface area contributed by atoms with Crippen molar-refractivity contribution in [3.05, 3.63) is 29.6 Å². The Morgan fingerprint density at radius 3 is 2.50 bits per heavy atom. The number of hydrogen-bond acceptors (Lipinski definition) is 3. The van der Waals surface area contributed by atoms with E-state index in [1.54, 1.807) is 0 Å². The van der Waals surface area contributed by atoms with Crippen molar-refractivity contribution in [3.63, 3.8) is 0 Å². The molecule has 100 valence electrons. The summed E-state index contributed by atoms with van der Waals surface area (Å²) in [4.78, 5) is 6.99. The molecule has 0 spiro atoms. The fraction of sp³-hybridized carbons (Fsp3) is 0.667. The van der Waals surface area contributed by atoms with E-state index in [-0.39, 0.29) is 0 Å². The van der Waals surface area contributed by atoms with Gasteiger partial charge in [0.25, 0.3) is 0 Å². The molecule has 0 radical (unpaired) electrons. The number of aromatic nitrogens is 1. The first kappa shape index (κ1) is 13.5. The lowest BCUT2D eigenvalue weighted by atomic mass is 9.90. The number of ether oxygens (including phenoxy) is 1. The summed E-state index contributed by atoms with van der Waals surface area (Å²) < 4.78 is 5.35. The highest BCUT2D eigenvalue weighted by Gasteiger charge is 2.13. The molecule has 1 saturated heterocycles. The smallest absolute Gasteiger partial charge is 0.0594 e. The molecule has 1 fully saturated rings. The van der Waals surface area contributed by atoms with Gasteiger partial charge in [-0.05, 0) is 23.5 Å². The maximum atomic E-state index is 5.35. The molecule has 3 heteroatoms. The van der Waals surface area contributed by atoms with E-state index in [1.165, 1.54) is 11.3 Å². The number of nitrogens with zero attached hydrogens (tertiary/aromatic N) is 2. The summed E-state index contributed by atoms with van der Waals surface area (Å²) in [7, 11) is 0. The fourth-order valence-electron chi connectivity index (χ4n) is 2.21. The fourth-order valence-corrected chi connectivity index (χ4v) is 2.21. The van der Waals surface area contributed by atoms with Crippen molar-refractivity contribution in [2.45, 2.75) is 33.7 Å². The van der Waals surface area contributed by atoms with Gasteiger partial charge in [-0.2, -0.15) is 0 Å². The van der Waals surface area contributed by atoms with Gasteiger partial charge >= 0.3 is 0 Å². The van der Waals surface area contributed by atoms with Gasteiger partial charge in [0, 0.05) is 31.5 Å². The molecular formula is C15H24N2O. The number of morpholine rings is 1. The highest BCUT2D eigenvalue weighted by molar-refractivity contribution is 5.15. The Morgan fingerprint density at radius 2 is 1.94 bits per heavy atom. The van der Waals surface area contributed by atoms with Crippen LogP contribution >= 0.6 is 0 Å². The molecule has 0 saturated carbocycles. The lowest BCUT2D eigenvalue weighted by Crippen LogP contribution is -2.35. The second-order valence-corrected chi connectivity index (χ2v) is 6.28. The molecule has 0 amide bonds. The Labute approximate surface area is 110 Å². The summed E-state index contributed by atoms with van der Waals surface area (Å²) in [6, 6.07) is 4.38. The Balaban J connectivity index is 1.90. The van der Waals surface area contributed by atoms with Crippen LogP contribution in [0.4, 0.5) is 0 Å². The summed E-state index contributed by atoms with van der Waals surface area (Å²) in [5, 5.41) is 0. The zero-order valence-corrected chi connectivity index (χ0v) is 11.8. The minimum Gasteiger partial charge on any atom is -0.379 e. The standard InChI is InChI=1S/C15H24N2O/c1-15(2,3)10-14-5-4-13(11-16-14)12-17-6-8-18-9-7-17/h4-5,11H,6-10,12H2,1-3H3. The van der Waals surface area contributed by atoms with Crippen LogP contribution in [0, 0.1) is 5.41 Å². The molecule has 2 heterocycles. The summed E-state index contributed by atoms with van der Waals surface area (Å²) >= 11 is 0. The van der Waals surface area contributed by atoms with Gasteiger partial charge in [-0.25, -0.2) is 0 Å². The van der Waals surface area contributed by atoms with E-state index in [9.17, 15) is 0 Å². The van der Waals surface area contributed by atoms with Crippen molar-refractivity contribution in [3.8, 4) is 0 Å². The Morgan fingerprint density at radius 1 is 1.22 bits per heavy atom. The van der Waals surface area contributed by atoms with E-state index >= 15 is 0 Å². The monoisotopic (exact) mass is 248 g/mol. The van der Waals surface area contributed by atoms with Crippen LogP contribution in [0.3, 0.4) is 0 Å². The molecular weight excluding hydrogens is 224 g/mol. The van der Waals surface area contributed by atoms with E-state index in [2.05, 4.69) is 42.8 Å². The third-order valence-electron chi connectivity index (χ3n) is 3.11. The van der Waals surface area contributed by atoms with Crippen molar-refractivity contribution in [1.82, 2.24) is 9.88 Å². The van der Waals surface area contributed by atoms with Gasteiger partial charge < -0.3 is 4.74 Å². The van der Waals surface area contributed by atoms with Crippen molar-refractivity contribution in [2.24, 2.45) is 5.41 Å². The second-order valence-electron chi connectivity index (χ2n) is 6.28. The molecule has 1 aliphatic rings. The highest BCUT2D eigenvalue weighted by Crippen LogP contribution is 2.19. The Hall–Kier alpha value is -0.930. The maximum absolute atomic E-state index is 5.35. The summed E-state index contributed by atoms with van der Waals surface area (Å²) in [5.41, 5.74) is 2.79. The molecule has 2 rings (SSSR count). The first-order valence-electron chi connectivity index (χ1n) is 6.77. The largest absolute Gasteiger partial charge is 0.379 e. The summed E-state index contributed by atoms with van der Waals surface area (Å²) in [5.74, 6) is 0. The minimum absolute atomic E-state index is 0.304. The quantitative estimate of drug-likeness (QED) is 0.822. The SMILES string of the molecule is CC(C)(C)Cc1ccc(CN2CCOCC2)cn1. The van der Waals surface area contributed by atoms with Gasteiger partial charge in [0.2, 0.25) is 0 Å². The van der Waals surface area contributed by atoms with Gasteiger partial charge in [0.1, 0.15) is 0 Å². The number of pyridine rings is 1. The van der Waals surface area contributed by atoms with Crippen LogP contribution in [0.5, 0.6) is 0 Å². The molecule has 3 nitrogen and oxygen atoms in total. The second kappa shape index (κ2) is 5.81. The molecule has 0 aromatic carbocycles. The van der Waals surface area contributed by atoms with E-state index in [1.807, 2.05) is 6.20 Å². The Bertz CT molecular complexity index is 361. The van der Waals surface area contributed by atoms with E-state index in [0.717, 1.165) is 39.3 Å². The van der Waals surface area contributed by atoms with Crippen LogP contribution in [0.1, 0.15) is 32.0 Å². The zero-order chi connectivity index (χ0) is 13.0. The predicted molar refractivity (Wildman–Crippen MR) is 73.5 cm³/mol. The zero-order valence-electron chi connectivity index (χ0n) is 11.8. The average molecular weight is 248 g/mol. The molecule has 1 aromatic heterocycles. The first-order valence-corrected chi connectivity index (χ1v) is 6.77. The predicted octanol–water partition coefficient (Wildman–Crippen LogP) is 2.50. The van der Waals surface area contributed by atoms with Crippen molar-refractivity contribution < 1.29 is 4.74 Å². The van der Waals surface area contributed by atoms with Crippen molar-refractivity contribution >= 4 is 0 Å². The molecule has 0 bridgehead atoms. The van der Waals surface area contributed by atoms with E-state index < -0.39 is 0 Å². The lowest BCUT2D eigenvalue weighted by molar-refractivity contribution is 0.0341. The van der Waals surface area contributed by atoms with Crippen LogP contribution in [0.15, 0.2) is 18.3 Å². The molecule has 18 heavy (non-hydrogen) atoms. The highest BCUT2D eigenvalue weighted by atomic mass is 16.5. The van der Waals surface area contributed by atoms with Gasteiger partial charge in [-0.15, -0.1) is 0 Å². The van der Waals surface area contributed by atoms with Crippen LogP contribution < -0.4 is 0 Å². The third-order valence-corrected chi connectivity index (χ3v) is 3.11. The summed E-state index contributed by atoms with van der Waals surface area (Å²) in [6.45, 7) is 11.5. The van der Waals surface area contributed by atoms with Crippen molar-refractivity contribution in [2.75, 3.05) is 26.3 Å². The topological polar surface area (TPSA) is 25.4 Å². The average Bonchev–Trinajstić information content (AvgIpc) is 2.31. The maximum Gasteiger partial charge on any atom is 0.0594 e. The molecule has 0 unspecified atom stereocenters. The normalized spacial score (nSPS) is 17.9. The van der Waals surface area contributed by atoms with Gasteiger partial charge in [-0.1, -0.05) is 26.8 Å². The van der Waals surface area contributed by atoms with Gasteiger partial charge in [0.05, 0.1) is 13.2 Å². The first-order chi connectivity index (χ1) is 8.53. The summed E-state index contributed by atoms with van der Waals surface area (Å²) in [6.07, 6.45) is 3.06. The van der Waals surface area contributed by atoms with E-state index in [0.29, 0.717) is 5.41 Å². The molecule has 0 atom stereocenters. The van der Waals surface area contributed by atoms with Crippen LogP contribution in [0.2, 0.25) is 0 Å². The van der Waals surface area contributed by atoms with Crippen LogP contribution in [0.25, 0.3) is 0 Å².